The highest BCUT2D eigenvalue weighted by molar-refractivity contribution is 6.14. The van der Waals surface area contributed by atoms with Crippen molar-refractivity contribution in [3.63, 3.8) is 0 Å². The number of rotatable bonds is 1. The minimum absolute atomic E-state index is 0.207. The highest BCUT2D eigenvalue weighted by Crippen LogP contribution is 2.34. The van der Waals surface area contributed by atoms with Crippen LogP contribution in [0.3, 0.4) is 0 Å². The highest BCUT2D eigenvalue weighted by Gasteiger charge is 2.43. The molecule has 5 nitrogen and oxygen atoms in total. The van der Waals surface area contributed by atoms with Crippen molar-refractivity contribution in [2.75, 3.05) is 0 Å². The maximum Gasteiger partial charge on any atom is 0.331 e. The Morgan fingerprint density at radius 1 is 1.12 bits per heavy atom. The number of amides is 4. The number of hydrogen-bond acceptors (Lipinski definition) is 3. The van der Waals surface area contributed by atoms with Crippen LogP contribution in [0.2, 0.25) is 0 Å². The van der Waals surface area contributed by atoms with E-state index < -0.39 is 17.5 Å². The minimum Gasteiger partial charge on any atom is -0.277 e. The normalized spacial score (nSPS) is 25.6. The molecule has 1 saturated heterocycles. The molecule has 0 aromatic rings. The molecule has 2 aliphatic rings. The molecule has 0 aromatic heterocycles. The highest BCUT2D eigenvalue weighted by atomic mass is 16.2. The summed E-state index contributed by atoms with van der Waals surface area (Å²) in [5.74, 6) is -0.858. The van der Waals surface area contributed by atoms with E-state index in [0.717, 1.165) is 32.1 Å². The van der Waals surface area contributed by atoms with Crippen molar-refractivity contribution in [3.05, 3.63) is 0 Å². The molecule has 1 aliphatic heterocycles. The van der Waals surface area contributed by atoms with Gasteiger partial charge in [-0.05, 0) is 19.8 Å². The van der Waals surface area contributed by atoms with Gasteiger partial charge >= 0.3 is 6.03 Å². The van der Waals surface area contributed by atoms with Gasteiger partial charge in [0, 0.05) is 5.54 Å². The van der Waals surface area contributed by atoms with Crippen LogP contribution in [0.1, 0.15) is 45.4 Å². The Hall–Kier alpha value is -1.39. The van der Waals surface area contributed by atoms with E-state index in [-0.39, 0.29) is 12.3 Å². The molecule has 0 radical (unpaired) electrons. The number of barbiturate groups is 1. The number of imide groups is 2. The molecule has 0 unspecified atom stereocenters. The van der Waals surface area contributed by atoms with E-state index in [2.05, 4.69) is 5.32 Å². The average molecular weight is 224 g/mol. The van der Waals surface area contributed by atoms with Crippen LogP contribution < -0.4 is 5.32 Å². The first-order chi connectivity index (χ1) is 7.53. The lowest BCUT2D eigenvalue weighted by Crippen LogP contribution is -2.61. The van der Waals surface area contributed by atoms with Gasteiger partial charge in [-0.2, -0.15) is 0 Å². The largest absolute Gasteiger partial charge is 0.331 e. The number of hydrogen-bond donors (Lipinski definition) is 1. The summed E-state index contributed by atoms with van der Waals surface area (Å²) < 4.78 is 0. The van der Waals surface area contributed by atoms with Crippen LogP contribution in [-0.4, -0.2) is 28.3 Å². The lowest BCUT2D eigenvalue weighted by atomic mass is 9.81. The van der Waals surface area contributed by atoms with E-state index in [1.54, 1.807) is 0 Å². The van der Waals surface area contributed by atoms with Gasteiger partial charge in [-0.15, -0.1) is 0 Å². The van der Waals surface area contributed by atoms with Crippen molar-refractivity contribution in [2.24, 2.45) is 0 Å². The minimum atomic E-state index is -0.550. The zero-order valence-electron chi connectivity index (χ0n) is 9.41. The van der Waals surface area contributed by atoms with E-state index in [0.29, 0.717) is 0 Å². The van der Waals surface area contributed by atoms with Crippen molar-refractivity contribution in [1.82, 2.24) is 10.2 Å². The summed E-state index contributed by atoms with van der Waals surface area (Å²) in [6, 6.07) is -0.550. The van der Waals surface area contributed by atoms with Gasteiger partial charge in [0.15, 0.2) is 0 Å². The van der Waals surface area contributed by atoms with Crippen molar-refractivity contribution < 1.29 is 14.4 Å². The third-order valence-electron chi connectivity index (χ3n) is 3.48. The first-order valence-corrected chi connectivity index (χ1v) is 5.70. The van der Waals surface area contributed by atoms with Gasteiger partial charge in [0.1, 0.15) is 6.42 Å². The molecule has 88 valence electrons. The Morgan fingerprint density at radius 2 is 1.75 bits per heavy atom. The monoisotopic (exact) mass is 224 g/mol. The number of nitrogens with one attached hydrogen (secondary N) is 1. The molecule has 1 saturated carbocycles. The predicted octanol–water partition coefficient (Wildman–Crippen LogP) is 1.18. The number of carbonyl (C=O) groups is 3. The maximum atomic E-state index is 11.8. The molecule has 0 aromatic carbocycles. The van der Waals surface area contributed by atoms with Crippen LogP contribution in [0.5, 0.6) is 0 Å². The Labute approximate surface area is 94.2 Å². The smallest absolute Gasteiger partial charge is 0.277 e. The van der Waals surface area contributed by atoms with E-state index in [9.17, 15) is 14.4 Å². The molecule has 4 amide bonds. The Morgan fingerprint density at radius 3 is 2.31 bits per heavy atom. The van der Waals surface area contributed by atoms with Crippen LogP contribution in [0, 0.1) is 0 Å². The van der Waals surface area contributed by atoms with Crippen molar-refractivity contribution >= 4 is 17.8 Å². The summed E-state index contributed by atoms with van der Waals surface area (Å²) in [5.41, 5.74) is -0.403. The zero-order valence-corrected chi connectivity index (χ0v) is 9.41. The maximum absolute atomic E-state index is 11.8. The van der Waals surface area contributed by atoms with Gasteiger partial charge in [0.2, 0.25) is 11.8 Å². The summed E-state index contributed by atoms with van der Waals surface area (Å²) in [5, 5.41) is 2.21. The number of nitrogens with zero attached hydrogens (tertiary/aromatic N) is 1. The van der Waals surface area contributed by atoms with Gasteiger partial charge in [-0.1, -0.05) is 19.3 Å². The third kappa shape index (κ3) is 1.81. The van der Waals surface area contributed by atoms with Gasteiger partial charge in [-0.3, -0.25) is 19.8 Å². The lowest BCUT2D eigenvalue weighted by Gasteiger charge is -2.43. The van der Waals surface area contributed by atoms with Crippen LogP contribution in [0.15, 0.2) is 0 Å². The van der Waals surface area contributed by atoms with Gasteiger partial charge in [0.05, 0.1) is 0 Å². The summed E-state index contributed by atoms with van der Waals surface area (Å²) in [6.07, 6.45) is 4.67. The zero-order chi connectivity index (χ0) is 11.8. The summed E-state index contributed by atoms with van der Waals surface area (Å²) in [6.45, 7) is 1.93. The average Bonchev–Trinajstić information content (AvgIpc) is 2.16. The quantitative estimate of drug-likeness (QED) is 0.680. The van der Waals surface area contributed by atoms with Crippen molar-refractivity contribution in [3.8, 4) is 0 Å². The Bertz CT molecular complexity index is 325. The molecule has 1 heterocycles. The van der Waals surface area contributed by atoms with Crippen molar-refractivity contribution in [2.45, 2.75) is 51.0 Å². The number of urea groups is 1. The second-order valence-corrected chi connectivity index (χ2v) is 4.82. The lowest BCUT2D eigenvalue weighted by molar-refractivity contribution is -0.140. The SMILES string of the molecule is CC1(N2C(=O)CC(=O)NC2=O)CCCCC1. The molecule has 0 atom stereocenters. The first-order valence-electron chi connectivity index (χ1n) is 5.70. The van der Waals surface area contributed by atoms with E-state index >= 15 is 0 Å². The molecule has 2 fully saturated rings. The molecular formula is C11H16N2O3. The summed E-state index contributed by atoms with van der Waals surface area (Å²) >= 11 is 0. The molecular weight excluding hydrogens is 208 g/mol. The van der Waals surface area contributed by atoms with Crippen LogP contribution >= 0.6 is 0 Å². The molecule has 16 heavy (non-hydrogen) atoms. The fourth-order valence-electron chi connectivity index (χ4n) is 2.63. The Balaban J connectivity index is 2.21. The standard InChI is InChI=1S/C11H16N2O3/c1-11(5-3-2-4-6-11)13-9(15)7-8(14)12-10(13)16/h2-7H2,1H3,(H,12,14,16). The molecule has 0 spiro atoms. The van der Waals surface area contributed by atoms with E-state index in [1.165, 1.54) is 4.90 Å². The van der Waals surface area contributed by atoms with Crippen LogP contribution in [-0.2, 0) is 9.59 Å². The summed E-state index contributed by atoms with van der Waals surface area (Å²) in [7, 11) is 0. The first kappa shape index (κ1) is 11.1. The Kier molecular flexibility index (Phi) is 2.69. The summed E-state index contributed by atoms with van der Waals surface area (Å²) in [4.78, 5) is 35.8. The predicted molar refractivity (Wildman–Crippen MR) is 56.5 cm³/mol. The molecule has 1 N–H and O–H groups in total. The fourth-order valence-corrected chi connectivity index (χ4v) is 2.63. The van der Waals surface area contributed by atoms with Crippen LogP contribution in [0.25, 0.3) is 0 Å². The van der Waals surface area contributed by atoms with E-state index in [1.807, 2.05) is 6.92 Å². The second-order valence-electron chi connectivity index (χ2n) is 4.82. The molecule has 2 rings (SSSR count). The van der Waals surface area contributed by atoms with E-state index in [4.69, 9.17) is 0 Å². The van der Waals surface area contributed by atoms with Crippen molar-refractivity contribution in [1.29, 1.82) is 0 Å². The molecule has 0 bridgehead atoms. The third-order valence-corrected chi connectivity index (χ3v) is 3.48. The van der Waals surface area contributed by atoms with Gasteiger partial charge in [-0.25, -0.2) is 4.79 Å². The molecule has 1 aliphatic carbocycles. The van der Waals surface area contributed by atoms with Gasteiger partial charge in [0.25, 0.3) is 0 Å². The second kappa shape index (κ2) is 3.88. The van der Waals surface area contributed by atoms with Crippen LogP contribution in [0.4, 0.5) is 4.79 Å². The molecule has 5 heteroatoms. The fraction of sp³-hybridized carbons (Fsp3) is 0.727. The number of carbonyl (C=O) groups excluding carboxylic acids is 3. The van der Waals surface area contributed by atoms with Gasteiger partial charge < -0.3 is 0 Å². The topological polar surface area (TPSA) is 66.5 Å².